The lowest BCUT2D eigenvalue weighted by Crippen LogP contribution is -2.14. The van der Waals surface area contributed by atoms with Gasteiger partial charge in [0.2, 0.25) is 0 Å². The molecule has 0 fully saturated rings. The van der Waals surface area contributed by atoms with Crippen molar-refractivity contribution in [2.45, 2.75) is 25.1 Å². The molecule has 2 aromatic heterocycles. The van der Waals surface area contributed by atoms with Gasteiger partial charge in [0.1, 0.15) is 42.7 Å². The van der Waals surface area contributed by atoms with Gasteiger partial charge < -0.3 is 13.9 Å². The second-order valence-electron chi connectivity index (χ2n) is 10.1. The first-order valence-electron chi connectivity index (χ1n) is 12.2. The third-order valence-electron chi connectivity index (χ3n) is 7.43. The molecule has 0 saturated heterocycles. The molecule has 0 radical (unpaired) electrons. The molecule has 39 heavy (non-hydrogen) atoms. The van der Waals surface area contributed by atoms with Crippen LogP contribution in [0.1, 0.15) is 29.9 Å². The van der Waals surface area contributed by atoms with Crippen LogP contribution in [0.25, 0.3) is 33.5 Å². The fourth-order valence-corrected chi connectivity index (χ4v) is 6.87. The van der Waals surface area contributed by atoms with E-state index in [4.69, 9.17) is 9.72 Å². The molecular weight excluding hydrogens is 533 g/mol. The highest BCUT2D eigenvalue weighted by molar-refractivity contribution is 7.70. The predicted molar refractivity (Wildman–Crippen MR) is 137 cm³/mol. The molecule has 3 aromatic carbocycles. The molecule has 0 unspecified atom stereocenters. The molecule has 0 saturated carbocycles. The molecule has 2 atom stereocenters. The first-order chi connectivity index (χ1) is 18.6. The molecule has 5 aromatic rings. The van der Waals surface area contributed by atoms with E-state index < -0.39 is 31.4 Å². The average molecular weight is 553 g/mol. The van der Waals surface area contributed by atoms with Gasteiger partial charge in [-0.25, -0.2) is 23.4 Å². The van der Waals surface area contributed by atoms with Crippen LogP contribution < -0.4 is 10.0 Å². The van der Waals surface area contributed by atoms with Crippen LogP contribution in [-0.2, 0) is 4.57 Å². The summed E-state index contributed by atoms with van der Waals surface area (Å²) in [5.74, 6) is -0.181. The number of ether oxygens (including phenoxy) is 1. The second kappa shape index (κ2) is 8.26. The Kier molecular flexibility index (Phi) is 5.10. The Balaban J connectivity index is 1.46. The average Bonchev–Trinajstić information content (AvgIpc) is 3.54. The molecule has 12 heteroatoms. The number of alkyl halides is 2. The molecule has 0 amide bonds. The Morgan fingerprint density at radius 1 is 1.03 bits per heavy atom. The van der Waals surface area contributed by atoms with E-state index in [0.29, 0.717) is 40.2 Å². The lowest BCUT2D eigenvalue weighted by Gasteiger charge is -2.21. The third kappa shape index (κ3) is 3.56. The van der Waals surface area contributed by atoms with Crippen LogP contribution in [0.2, 0.25) is 0 Å². The SMILES string of the molecule is CP(C)(=O)c1ccc(-c2cc3c(cc2F)nc2n3[C@H]3C[C@@H]2n2ncnc2-c2cccc(OC(F)F)c23)cc1F. The highest BCUT2D eigenvalue weighted by atomic mass is 31.2. The molecule has 0 N–H and O–H groups in total. The highest BCUT2D eigenvalue weighted by Gasteiger charge is 2.43. The molecular formula is C27H20F4N5O2P. The zero-order valence-electron chi connectivity index (χ0n) is 20.6. The summed E-state index contributed by atoms with van der Waals surface area (Å²) < 4.78 is 78.0. The van der Waals surface area contributed by atoms with Crippen LogP contribution in [-0.4, -0.2) is 44.3 Å². The van der Waals surface area contributed by atoms with Crippen molar-refractivity contribution in [1.82, 2.24) is 24.3 Å². The van der Waals surface area contributed by atoms with Crippen LogP contribution in [0.15, 0.2) is 54.9 Å². The van der Waals surface area contributed by atoms with Crippen LogP contribution in [0.5, 0.6) is 5.75 Å². The van der Waals surface area contributed by atoms with Crippen LogP contribution >= 0.6 is 7.14 Å². The van der Waals surface area contributed by atoms with Crippen LogP contribution in [0.3, 0.4) is 0 Å². The maximum atomic E-state index is 15.4. The number of halogens is 4. The van der Waals surface area contributed by atoms with E-state index in [9.17, 15) is 17.7 Å². The number of fused-ring (bicyclic) bond motifs is 6. The Hall–Kier alpha value is -3.98. The summed E-state index contributed by atoms with van der Waals surface area (Å²) in [6, 6.07) is 11.0. The van der Waals surface area contributed by atoms with Crippen molar-refractivity contribution >= 4 is 23.5 Å². The number of benzene rings is 3. The topological polar surface area (TPSA) is 74.8 Å². The van der Waals surface area contributed by atoms with E-state index >= 15 is 4.39 Å². The minimum atomic E-state index is -3.03. The summed E-state index contributed by atoms with van der Waals surface area (Å²) in [5.41, 5.74) is 2.44. The van der Waals surface area contributed by atoms with Crippen molar-refractivity contribution in [3.05, 3.63) is 77.9 Å². The maximum absolute atomic E-state index is 15.4. The zero-order valence-corrected chi connectivity index (χ0v) is 21.5. The summed E-state index contributed by atoms with van der Waals surface area (Å²) in [6.07, 6.45) is 1.84. The first-order valence-corrected chi connectivity index (χ1v) is 14.8. The largest absolute Gasteiger partial charge is 0.434 e. The van der Waals surface area contributed by atoms with Crippen molar-refractivity contribution in [1.29, 1.82) is 0 Å². The van der Waals surface area contributed by atoms with E-state index in [1.54, 1.807) is 28.9 Å². The Bertz CT molecular complexity index is 1860. The van der Waals surface area contributed by atoms with Crippen molar-refractivity contribution in [3.63, 3.8) is 0 Å². The molecule has 0 aliphatic carbocycles. The minimum absolute atomic E-state index is 0.0148. The van der Waals surface area contributed by atoms with Gasteiger partial charge in [-0.15, -0.1) is 0 Å². The number of aromatic nitrogens is 5. The lowest BCUT2D eigenvalue weighted by molar-refractivity contribution is -0.0506. The number of hydrogen-bond acceptors (Lipinski definition) is 5. The molecule has 2 aliphatic heterocycles. The van der Waals surface area contributed by atoms with Crippen molar-refractivity contribution in [3.8, 4) is 28.3 Å². The lowest BCUT2D eigenvalue weighted by atomic mass is 9.97. The van der Waals surface area contributed by atoms with Gasteiger partial charge in [-0.2, -0.15) is 13.9 Å². The molecule has 2 aliphatic rings. The van der Waals surface area contributed by atoms with E-state index in [1.165, 1.54) is 43.9 Å². The fourth-order valence-electron chi connectivity index (χ4n) is 5.86. The summed E-state index contributed by atoms with van der Waals surface area (Å²) in [7, 11) is -2.86. The zero-order chi connectivity index (χ0) is 27.2. The second-order valence-corrected chi connectivity index (χ2v) is 13.3. The number of hydrogen-bond donors (Lipinski definition) is 0. The quantitative estimate of drug-likeness (QED) is 0.202. The minimum Gasteiger partial charge on any atom is -0.434 e. The van der Waals surface area contributed by atoms with Gasteiger partial charge in [0.05, 0.1) is 17.1 Å². The van der Waals surface area contributed by atoms with Gasteiger partial charge >= 0.3 is 6.61 Å². The maximum Gasteiger partial charge on any atom is 0.387 e. The van der Waals surface area contributed by atoms with E-state index in [1.807, 2.05) is 4.57 Å². The fraction of sp³-hybridized carbons (Fsp3) is 0.222. The number of imidazole rings is 1. The number of nitrogens with zero attached hydrogens (tertiary/aromatic N) is 5. The molecule has 198 valence electrons. The van der Waals surface area contributed by atoms with Gasteiger partial charge in [0.25, 0.3) is 0 Å². The van der Waals surface area contributed by atoms with Gasteiger partial charge in [0.15, 0.2) is 5.82 Å². The van der Waals surface area contributed by atoms with Crippen molar-refractivity contribution < 1.29 is 26.9 Å². The standard InChI is InChI=1S/C27H20F4N5O2P/c1-39(2,37)23-7-6-13(8-17(23)29)15-9-19-18(10-16(15)28)34-26-21-11-20(35(19)26)24-14(25-32-12-33-36(21)25)4-3-5-22(24)38-27(30)31/h3-10,12,20-21,27H,11H2,1-2H3/t20-,21-/m0/s1. The van der Waals surface area contributed by atoms with Crippen molar-refractivity contribution in [2.24, 2.45) is 0 Å². The number of rotatable bonds is 4. The third-order valence-corrected chi connectivity index (χ3v) is 8.95. The highest BCUT2D eigenvalue weighted by Crippen LogP contribution is 2.52. The monoisotopic (exact) mass is 553 g/mol. The van der Waals surface area contributed by atoms with Gasteiger partial charge in [-0.1, -0.05) is 18.2 Å². The summed E-state index contributed by atoms with van der Waals surface area (Å²) in [5, 5.41) is 4.49. The van der Waals surface area contributed by atoms with Crippen LogP contribution in [0, 0.1) is 11.6 Å². The molecule has 2 bridgehead atoms. The van der Waals surface area contributed by atoms with Crippen molar-refractivity contribution in [2.75, 3.05) is 13.3 Å². The Morgan fingerprint density at radius 2 is 1.85 bits per heavy atom. The molecule has 0 spiro atoms. The summed E-state index contributed by atoms with van der Waals surface area (Å²) >= 11 is 0. The van der Waals surface area contributed by atoms with E-state index in [0.717, 1.165) is 0 Å². The normalized spacial score (nSPS) is 17.7. The smallest absolute Gasteiger partial charge is 0.387 e. The van der Waals surface area contributed by atoms with E-state index in [-0.39, 0.29) is 28.2 Å². The Labute approximate surface area is 219 Å². The van der Waals surface area contributed by atoms with Crippen LogP contribution in [0.4, 0.5) is 17.6 Å². The summed E-state index contributed by atoms with van der Waals surface area (Å²) in [4.78, 5) is 9.09. The Morgan fingerprint density at radius 3 is 2.59 bits per heavy atom. The van der Waals surface area contributed by atoms with E-state index in [2.05, 4.69) is 10.1 Å². The molecule has 4 heterocycles. The molecule has 7 nitrogen and oxygen atoms in total. The molecule has 7 rings (SSSR count). The first kappa shape index (κ1) is 24.1. The predicted octanol–water partition coefficient (Wildman–Crippen LogP) is 5.99. The summed E-state index contributed by atoms with van der Waals surface area (Å²) in [6.45, 7) is -0.0923. The van der Waals surface area contributed by atoms with Gasteiger partial charge in [-0.05, 0) is 43.2 Å². The van der Waals surface area contributed by atoms with Gasteiger partial charge in [0, 0.05) is 34.5 Å². The van der Waals surface area contributed by atoms with Gasteiger partial charge in [-0.3, -0.25) is 0 Å².